The first-order valence-corrected chi connectivity index (χ1v) is 7.11. The second-order valence-corrected chi connectivity index (χ2v) is 5.46. The molecule has 2 unspecified atom stereocenters. The van der Waals surface area contributed by atoms with E-state index in [9.17, 15) is 0 Å². The Morgan fingerprint density at radius 2 is 2.12 bits per heavy atom. The van der Waals surface area contributed by atoms with Gasteiger partial charge < -0.3 is 5.32 Å². The third-order valence-corrected chi connectivity index (χ3v) is 3.79. The van der Waals surface area contributed by atoms with Crippen LogP contribution in [-0.2, 0) is 0 Å². The van der Waals surface area contributed by atoms with E-state index in [1.165, 1.54) is 38.5 Å². The lowest BCUT2D eigenvalue weighted by Gasteiger charge is -2.27. The summed E-state index contributed by atoms with van der Waals surface area (Å²) < 4.78 is 0. The number of allylic oxidation sites excluding steroid dienone is 1. The van der Waals surface area contributed by atoms with Gasteiger partial charge in [0.2, 0.25) is 0 Å². The number of rotatable bonds is 6. The first kappa shape index (κ1) is 13.8. The smallest absolute Gasteiger partial charge is 0.00142 e. The molecule has 1 aliphatic carbocycles. The van der Waals surface area contributed by atoms with E-state index in [0.717, 1.165) is 24.9 Å². The van der Waals surface area contributed by atoms with E-state index >= 15 is 0 Å². The van der Waals surface area contributed by atoms with Gasteiger partial charge in [-0.1, -0.05) is 38.3 Å². The van der Waals surface area contributed by atoms with Gasteiger partial charge in [-0.2, -0.15) is 0 Å². The van der Waals surface area contributed by atoms with E-state index in [2.05, 4.69) is 32.2 Å². The van der Waals surface area contributed by atoms with Crippen molar-refractivity contribution in [3.63, 3.8) is 0 Å². The van der Waals surface area contributed by atoms with Crippen LogP contribution in [-0.4, -0.2) is 13.1 Å². The molecule has 0 aromatic heterocycles. The topological polar surface area (TPSA) is 12.0 Å². The van der Waals surface area contributed by atoms with Crippen molar-refractivity contribution in [3.05, 3.63) is 11.6 Å². The van der Waals surface area contributed by atoms with Crippen LogP contribution in [0.3, 0.4) is 0 Å². The summed E-state index contributed by atoms with van der Waals surface area (Å²) in [5.74, 6) is 1.83. The quantitative estimate of drug-likeness (QED) is 0.527. The van der Waals surface area contributed by atoms with Gasteiger partial charge in [-0.3, -0.25) is 0 Å². The van der Waals surface area contributed by atoms with Gasteiger partial charge in [-0.25, -0.2) is 0 Å². The zero-order valence-electron chi connectivity index (χ0n) is 11.4. The SMILES string of the molecule is CCCNCCC=C(C)C1CCCC(C)C1. The third kappa shape index (κ3) is 5.16. The normalized spacial score (nSPS) is 27.1. The number of hydrogen-bond donors (Lipinski definition) is 1. The third-order valence-electron chi connectivity index (χ3n) is 3.79. The molecular formula is C15H29N. The second-order valence-electron chi connectivity index (χ2n) is 5.46. The van der Waals surface area contributed by atoms with Crippen molar-refractivity contribution in [1.82, 2.24) is 5.32 Å². The second kappa shape index (κ2) is 7.89. The van der Waals surface area contributed by atoms with Gasteiger partial charge in [-0.05, 0) is 57.5 Å². The summed E-state index contributed by atoms with van der Waals surface area (Å²) >= 11 is 0. The average molecular weight is 223 g/mol. The Morgan fingerprint density at radius 3 is 2.81 bits per heavy atom. The largest absolute Gasteiger partial charge is 0.316 e. The average Bonchev–Trinajstić information content (AvgIpc) is 2.28. The predicted octanol–water partition coefficient (Wildman–Crippen LogP) is 4.15. The number of hydrogen-bond acceptors (Lipinski definition) is 1. The van der Waals surface area contributed by atoms with Gasteiger partial charge in [0.1, 0.15) is 0 Å². The molecule has 1 aliphatic rings. The highest BCUT2D eigenvalue weighted by molar-refractivity contribution is 5.04. The maximum Gasteiger partial charge on any atom is -0.00142 e. The van der Waals surface area contributed by atoms with E-state index in [1.54, 1.807) is 5.57 Å². The molecule has 0 spiro atoms. The van der Waals surface area contributed by atoms with E-state index in [-0.39, 0.29) is 0 Å². The minimum absolute atomic E-state index is 0.884. The van der Waals surface area contributed by atoms with Gasteiger partial charge in [0.25, 0.3) is 0 Å². The molecule has 1 fully saturated rings. The Kier molecular flexibility index (Phi) is 6.79. The van der Waals surface area contributed by atoms with Gasteiger partial charge in [-0.15, -0.1) is 0 Å². The lowest BCUT2D eigenvalue weighted by atomic mass is 9.79. The Morgan fingerprint density at radius 1 is 1.31 bits per heavy atom. The standard InChI is InChI=1S/C15H29N/c1-4-10-16-11-6-8-14(3)15-9-5-7-13(2)12-15/h8,13,15-16H,4-7,9-12H2,1-3H3. The summed E-state index contributed by atoms with van der Waals surface area (Å²) in [6.07, 6.45) is 10.6. The fraction of sp³-hybridized carbons (Fsp3) is 0.867. The van der Waals surface area contributed by atoms with Crippen LogP contribution in [0, 0.1) is 11.8 Å². The monoisotopic (exact) mass is 223 g/mol. The van der Waals surface area contributed by atoms with Gasteiger partial charge in [0.05, 0.1) is 0 Å². The minimum atomic E-state index is 0.884. The van der Waals surface area contributed by atoms with Crippen molar-refractivity contribution in [2.75, 3.05) is 13.1 Å². The van der Waals surface area contributed by atoms with Crippen LogP contribution in [0.15, 0.2) is 11.6 Å². The summed E-state index contributed by atoms with van der Waals surface area (Å²) in [5.41, 5.74) is 1.64. The molecule has 0 aromatic rings. The first-order chi connectivity index (χ1) is 7.74. The Bertz CT molecular complexity index is 207. The van der Waals surface area contributed by atoms with Crippen LogP contribution in [0.25, 0.3) is 0 Å². The Balaban J connectivity index is 2.21. The molecule has 0 radical (unpaired) electrons. The maximum atomic E-state index is 3.46. The predicted molar refractivity (Wildman–Crippen MR) is 72.7 cm³/mol. The molecule has 1 nitrogen and oxygen atoms in total. The van der Waals surface area contributed by atoms with Crippen LogP contribution in [0.1, 0.15) is 59.3 Å². The van der Waals surface area contributed by atoms with Crippen molar-refractivity contribution < 1.29 is 0 Å². The molecular weight excluding hydrogens is 194 g/mol. The minimum Gasteiger partial charge on any atom is -0.316 e. The van der Waals surface area contributed by atoms with E-state index in [1.807, 2.05) is 0 Å². The Labute approximate surface area is 102 Å². The highest BCUT2D eigenvalue weighted by Crippen LogP contribution is 2.33. The molecule has 0 aromatic carbocycles. The maximum absolute atomic E-state index is 3.46. The fourth-order valence-corrected chi connectivity index (χ4v) is 2.72. The fourth-order valence-electron chi connectivity index (χ4n) is 2.72. The molecule has 0 heterocycles. The lowest BCUT2D eigenvalue weighted by Crippen LogP contribution is -2.16. The highest BCUT2D eigenvalue weighted by Gasteiger charge is 2.19. The number of nitrogens with one attached hydrogen (secondary N) is 1. The highest BCUT2D eigenvalue weighted by atomic mass is 14.8. The lowest BCUT2D eigenvalue weighted by molar-refractivity contribution is 0.314. The van der Waals surface area contributed by atoms with Crippen LogP contribution < -0.4 is 5.32 Å². The molecule has 1 N–H and O–H groups in total. The zero-order valence-corrected chi connectivity index (χ0v) is 11.4. The molecule has 0 aliphatic heterocycles. The molecule has 0 amide bonds. The van der Waals surface area contributed by atoms with Crippen molar-refractivity contribution in [2.45, 2.75) is 59.3 Å². The van der Waals surface area contributed by atoms with E-state index in [0.29, 0.717) is 0 Å². The molecule has 1 heteroatoms. The van der Waals surface area contributed by atoms with Crippen molar-refractivity contribution in [3.8, 4) is 0 Å². The van der Waals surface area contributed by atoms with Crippen LogP contribution in [0.5, 0.6) is 0 Å². The summed E-state index contributed by atoms with van der Waals surface area (Å²) in [5, 5.41) is 3.46. The van der Waals surface area contributed by atoms with Crippen molar-refractivity contribution in [2.24, 2.45) is 11.8 Å². The molecule has 16 heavy (non-hydrogen) atoms. The van der Waals surface area contributed by atoms with Crippen LogP contribution in [0.4, 0.5) is 0 Å². The van der Waals surface area contributed by atoms with Crippen molar-refractivity contribution in [1.29, 1.82) is 0 Å². The van der Waals surface area contributed by atoms with E-state index < -0.39 is 0 Å². The first-order valence-electron chi connectivity index (χ1n) is 7.11. The zero-order chi connectivity index (χ0) is 11.8. The molecule has 94 valence electrons. The van der Waals surface area contributed by atoms with Gasteiger partial charge >= 0.3 is 0 Å². The molecule has 0 bridgehead atoms. The summed E-state index contributed by atoms with van der Waals surface area (Å²) in [4.78, 5) is 0. The molecule has 2 atom stereocenters. The van der Waals surface area contributed by atoms with Gasteiger partial charge in [0.15, 0.2) is 0 Å². The molecule has 0 saturated heterocycles. The summed E-state index contributed by atoms with van der Waals surface area (Å²) in [6, 6.07) is 0. The molecule has 1 saturated carbocycles. The summed E-state index contributed by atoms with van der Waals surface area (Å²) in [7, 11) is 0. The Hall–Kier alpha value is -0.300. The van der Waals surface area contributed by atoms with Crippen LogP contribution >= 0.6 is 0 Å². The van der Waals surface area contributed by atoms with Gasteiger partial charge in [0, 0.05) is 0 Å². The van der Waals surface area contributed by atoms with E-state index in [4.69, 9.17) is 0 Å². The van der Waals surface area contributed by atoms with Crippen LogP contribution in [0.2, 0.25) is 0 Å². The van der Waals surface area contributed by atoms with Crippen molar-refractivity contribution >= 4 is 0 Å². The molecule has 1 rings (SSSR count). The summed E-state index contributed by atoms with van der Waals surface area (Å²) in [6.45, 7) is 9.27.